The summed E-state index contributed by atoms with van der Waals surface area (Å²) in [6.07, 6.45) is 5.65. The highest BCUT2D eigenvalue weighted by Gasteiger charge is 2.32. The zero-order valence-corrected chi connectivity index (χ0v) is 15.0. The van der Waals surface area contributed by atoms with Crippen LogP contribution in [0.5, 0.6) is 0 Å². The lowest BCUT2D eigenvalue weighted by Crippen LogP contribution is -2.30. The topological polar surface area (TPSA) is 58.4 Å². The highest BCUT2D eigenvalue weighted by molar-refractivity contribution is 5.96. The van der Waals surface area contributed by atoms with Crippen molar-refractivity contribution in [3.8, 4) is 0 Å². The monoisotopic (exact) mass is 359 g/mol. The fraction of sp³-hybridized carbons (Fsp3) is 0.588. The number of nitrogens with one attached hydrogen (secondary N) is 1. The lowest BCUT2D eigenvalue weighted by Gasteiger charge is -2.23. The van der Waals surface area contributed by atoms with Crippen LogP contribution in [0, 0.1) is 11.8 Å². The fourth-order valence-electron chi connectivity index (χ4n) is 3.70. The van der Waals surface area contributed by atoms with Crippen molar-refractivity contribution in [1.82, 2.24) is 0 Å². The maximum Gasteiger partial charge on any atom is 0.227 e. The summed E-state index contributed by atoms with van der Waals surface area (Å²) in [6.45, 7) is 2.79. The third-order valence-electron chi connectivity index (χ3n) is 4.91. The number of para-hydroxylation sites is 2. The van der Waals surface area contributed by atoms with Crippen LogP contribution in [0.3, 0.4) is 0 Å². The van der Waals surface area contributed by atoms with Gasteiger partial charge in [-0.25, -0.2) is 0 Å². The van der Waals surface area contributed by atoms with E-state index in [0.29, 0.717) is 12.5 Å². The SMILES string of the molecule is Cl.Cl.NC[C@H]1CCC[C@H]1C(=O)Nc1ccccc1N1CCCC1. The van der Waals surface area contributed by atoms with E-state index in [1.165, 1.54) is 12.8 Å². The number of benzene rings is 1. The Bertz CT molecular complexity index is 506. The maximum atomic E-state index is 12.6. The second-order valence-electron chi connectivity index (χ2n) is 6.23. The van der Waals surface area contributed by atoms with Gasteiger partial charge in [0.1, 0.15) is 0 Å². The molecule has 6 heteroatoms. The van der Waals surface area contributed by atoms with Crippen LogP contribution in [0.4, 0.5) is 11.4 Å². The molecule has 2 atom stereocenters. The van der Waals surface area contributed by atoms with Gasteiger partial charge in [0, 0.05) is 19.0 Å². The highest BCUT2D eigenvalue weighted by atomic mass is 35.5. The van der Waals surface area contributed by atoms with Gasteiger partial charge in [0.2, 0.25) is 5.91 Å². The summed E-state index contributed by atoms with van der Waals surface area (Å²) < 4.78 is 0. The van der Waals surface area contributed by atoms with Gasteiger partial charge in [0.05, 0.1) is 11.4 Å². The van der Waals surface area contributed by atoms with Crippen LogP contribution in [-0.2, 0) is 4.79 Å². The lowest BCUT2D eigenvalue weighted by molar-refractivity contribution is -0.120. The fourth-order valence-corrected chi connectivity index (χ4v) is 3.70. The van der Waals surface area contributed by atoms with E-state index in [1.54, 1.807) is 0 Å². The van der Waals surface area contributed by atoms with E-state index in [-0.39, 0.29) is 36.6 Å². The molecule has 1 aromatic rings. The molecule has 3 rings (SSSR count). The van der Waals surface area contributed by atoms with Crippen LogP contribution >= 0.6 is 24.8 Å². The second-order valence-corrected chi connectivity index (χ2v) is 6.23. The Hall–Kier alpha value is -0.970. The summed E-state index contributed by atoms with van der Waals surface area (Å²) in [5, 5.41) is 3.16. The van der Waals surface area contributed by atoms with Gasteiger partial charge >= 0.3 is 0 Å². The molecule has 0 radical (unpaired) electrons. The van der Waals surface area contributed by atoms with E-state index in [9.17, 15) is 4.79 Å². The maximum absolute atomic E-state index is 12.6. The van der Waals surface area contributed by atoms with Crippen molar-refractivity contribution in [1.29, 1.82) is 0 Å². The number of carbonyl (C=O) groups excluding carboxylic acids is 1. The van der Waals surface area contributed by atoms with Crippen LogP contribution in [0.25, 0.3) is 0 Å². The Morgan fingerprint density at radius 3 is 2.52 bits per heavy atom. The molecule has 3 N–H and O–H groups in total. The van der Waals surface area contributed by atoms with E-state index in [4.69, 9.17) is 5.73 Å². The van der Waals surface area contributed by atoms with Gasteiger partial charge in [-0.15, -0.1) is 24.8 Å². The first-order chi connectivity index (χ1) is 10.3. The third-order valence-corrected chi connectivity index (χ3v) is 4.91. The van der Waals surface area contributed by atoms with Crippen LogP contribution < -0.4 is 16.0 Å². The first kappa shape index (κ1) is 20.1. The largest absolute Gasteiger partial charge is 0.370 e. The molecule has 0 spiro atoms. The van der Waals surface area contributed by atoms with Crippen molar-refractivity contribution >= 4 is 42.1 Å². The van der Waals surface area contributed by atoms with Gasteiger partial charge in [-0.2, -0.15) is 0 Å². The number of carbonyl (C=O) groups is 1. The van der Waals surface area contributed by atoms with Crippen molar-refractivity contribution < 1.29 is 4.79 Å². The number of nitrogens with zero attached hydrogens (tertiary/aromatic N) is 1. The molecule has 1 saturated carbocycles. The van der Waals surface area contributed by atoms with Gasteiger partial charge in [0.25, 0.3) is 0 Å². The number of amides is 1. The smallest absolute Gasteiger partial charge is 0.227 e. The van der Waals surface area contributed by atoms with Crippen molar-refractivity contribution in [2.45, 2.75) is 32.1 Å². The van der Waals surface area contributed by atoms with Gasteiger partial charge in [-0.3, -0.25) is 4.79 Å². The van der Waals surface area contributed by atoms with Crippen molar-refractivity contribution in [2.75, 3.05) is 29.9 Å². The molecule has 0 bridgehead atoms. The normalized spacial score (nSPS) is 23.1. The van der Waals surface area contributed by atoms with Gasteiger partial charge in [-0.05, 0) is 50.3 Å². The molecule has 1 aliphatic heterocycles. The molecular formula is C17H27Cl2N3O. The lowest BCUT2D eigenvalue weighted by atomic mass is 9.95. The zero-order chi connectivity index (χ0) is 14.7. The Kier molecular flexibility index (Phi) is 8.17. The van der Waals surface area contributed by atoms with E-state index in [1.807, 2.05) is 18.2 Å². The molecular weight excluding hydrogens is 333 g/mol. The predicted molar refractivity (Wildman–Crippen MR) is 101 cm³/mol. The second kappa shape index (κ2) is 9.36. The van der Waals surface area contributed by atoms with Crippen LogP contribution in [-0.4, -0.2) is 25.5 Å². The van der Waals surface area contributed by atoms with Crippen LogP contribution in [0.2, 0.25) is 0 Å². The standard InChI is InChI=1S/C17H25N3O.2ClH/c18-12-13-6-5-7-14(13)17(21)19-15-8-1-2-9-16(15)20-10-3-4-11-20;;/h1-2,8-9,13-14H,3-7,10-12,18H2,(H,19,21);2*1H/t13-,14-;;/m1../s1. The molecule has 1 heterocycles. The molecule has 1 saturated heterocycles. The molecule has 1 aliphatic carbocycles. The van der Waals surface area contributed by atoms with Crippen LogP contribution in [0.1, 0.15) is 32.1 Å². The number of halogens is 2. The Labute approximate surface area is 151 Å². The molecule has 4 nitrogen and oxygen atoms in total. The Morgan fingerprint density at radius 2 is 1.83 bits per heavy atom. The highest BCUT2D eigenvalue weighted by Crippen LogP contribution is 2.34. The van der Waals surface area contributed by atoms with E-state index < -0.39 is 0 Å². The summed E-state index contributed by atoms with van der Waals surface area (Å²) in [6, 6.07) is 8.15. The molecule has 130 valence electrons. The number of hydrogen-bond acceptors (Lipinski definition) is 3. The van der Waals surface area contributed by atoms with Gasteiger partial charge in [-0.1, -0.05) is 18.6 Å². The summed E-state index contributed by atoms with van der Waals surface area (Å²) in [7, 11) is 0. The van der Waals surface area contributed by atoms with Crippen LogP contribution in [0.15, 0.2) is 24.3 Å². The summed E-state index contributed by atoms with van der Waals surface area (Å²) in [4.78, 5) is 14.9. The van der Waals surface area contributed by atoms with Crippen molar-refractivity contribution in [3.63, 3.8) is 0 Å². The third kappa shape index (κ3) is 4.52. The average Bonchev–Trinajstić information content (AvgIpc) is 3.19. The summed E-state index contributed by atoms with van der Waals surface area (Å²) in [5.74, 6) is 0.584. The molecule has 0 aromatic heterocycles. The Balaban J connectivity index is 0.00000132. The molecule has 1 amide bonds. The summed E-state index contributed by atoms with van der Waals surface area (Å²) in [5.41, 5.74) is 7.91. The molecule has 1 aromatic carbocycles. The number of rotatable bonds is 4. The van der Waals surface area contributed by atoms with E-state index in [0.717, 1.165) is 43.7 Å². The number of nitrogens with two attached hydrogens (primary N) is 1. The minimum absolute atomic E-state index is 0. The molecule has 2 aliphatic rings. The first-order valence-corrected chi connectivity index (χ1v) is 8.14. The predicted octanol–water partition coefficient (Wildman–Crippen LogP) is 3.44. The molecule has 2 fully saturated rings. The minimum Gasteiger partial charge on any atom is -0.370 e. The van der Waals surface area contributed by atoms with Crippen molar-refractivity contribution in [3.05, 3.63) is 24.3 Å². The quantitative estimate of drug-likeness (QED) is 0.865. The molecule has 0 unspecified atom stereocenters. The number of anilines is 2. The van der Waals surface area contributed by atoms with E-state index >= 15 is 0 Å². The van der Waals surface area contributed by atoms with Gasteiger partial charge in [0.15, 0.2) is 0 Å². The minimum atomic E-state index is 0. The van der Waals surface area contributed by atoms with Crippen molar-refractivity contribution in [2.24, 2.45) is 17.6 Å². The first-order valence-electron chi connectivity index (χ1n) is 8.14. The molecule has 23 heavy (non-hydrogen) atoms. The average molecular weight is 360 g/mol. The summed E-state index contributed by atoms with van der Waals surface area (Å²) >= 11 is 0. The van der Waals surface area contributed by atoms with Gasteiger partial charge < -0.3 is 16.0 Å². The zero-order valence-electron chi connectivity index (χ0n) is 13.4. The number of hydrogen-bond donors (Lipinski definition) is 2. The Morgan fingerprint density at radius 1 is 1.13 bits per heavy atom. The van der Waals surface area contributed by atoms with E-state index in [2.05, 4.69) is 16.3 Å².